The average Bonchev–Trinajstić information content (AvgIpc) is 3.37. The topological polar surface area (TPSA) is 146 Å². The van der Waals surface area contributed by atoms with Crippen LogP contribution in [0.1, 0.15) is 57.7 Å². The standard InChI is InChI=1S/C25H25N3O7S/c29-23(26-32)20(9-5-13-28-24(30)18-7-1-2-8-19(18)25(28)31)27-36(33,34)15-11-12-17-16-6-3-4-10-21(16)35-22(17)14-15/h1-2,7-8,11-12,14,20,27,32H,3-6,9-10,13H2,(H,26,29)/t20-/m1/s1. The molecule has 1 aromatic heterocycles. The number of sulfonamides is 1. The molecular formula is C25H25N3O7S. The van der Waals surface area contributed by atoms with Crippen LogP contribution in [0.5, 0.6) is 0 Å². The molecule has 11 heteroatoms. The molecule has 0 saturated heterocycles. The van der Waals surface area contributed by atoms with Gasteiger partial charge in [0.25, 0.3) is 17.7 Å². The number of amides is 3. The Kier molecular flexibility index (Phi) is 6.37. The predicted octanol–water partition coefficient (Wildman–Crippen LogP) is 2.54. The summed E-state index contributed by atoms with van der Waals surface area (Å²) in [6.45, 7) is -0.00675. The SMILES string of the molecule is O=C(NO)[C@@H](CCCN1C(=O)c2ccccc2C1=O)NS(=O)(=O)c1ccc2c3c(oc2c1)CCCC3. The molecule has 3 aromatic rings. The molecule has 2 aliphatic rings. The number of nitrogens with zero attached hydrogens (tertiary/aromatic N) is 1. The average molecular weight is 512 g/mol. The molecule has 3 N–H and O–H groups in total. The van der Waals surface area contributed by atoms with Crippen molar-refractivity contribution < 1.29 is 32.4 Å². The maximum absolute atomic E-state index is 13.1. The molecule has 1 aliphatic heterocycles. The molecule has 5 rings (SSSR count). The summed E-state index contributed by atoms with van der Waals surface area (Å²) in [5.74, 6) is -0.942. The van der Waals surface area contributed by atoms with E-state index in [9.17, 15) is 22.8 Å². The van der Waals surface area contributed by atoms with Crippen LogP contribution in [0.15, 0.2) is 51.8 Å². The van der Waals surface area contributed by atoms with Gasteiger partial charge >= 0.3 is 0 Å². The van der Waals surface area contributed by atoms with Gasteiger partial charge in [0.2, 0.25) is 10.0 Å². The van der Waals surface area contributed by atoms with E-state index in [2.05, 4.69) is 4.72 Å². The number of carbonyl (C=O) groups excluding carboxylic acids is 3. The van der Waals surface area contributed by atoms with Gasteiger partial charge in [0.1, 0.15) is 17.4 Å². The number of hydrogen-bond acceptors (Lipinski definition) is 7. The minimum Gasteiger partial charge on any atom is -0.461 e. The molecule has 3 amide bonds. The van der Waals surface area contributed by atoms with Gasteiger partial charge in [-0.15, -0.1) is 0 Å². The van der Waals surface area contributed by atoms with Gasteiger partial charge in [-0.3, -0.25) is 24.5 Å². The van der Waals surface area contributed by atoms with E-state index in [1.165, 1.54) is 17.6 Å². The molecule has 0 fully saturated rings. The zero-order valence-corrected chi connectivity index (χ0v) is 20.1. The first-order valence-electron chi connectivity index (χ1n) is 11.8. The first-order valence-corrected chi connectivity index (χ1v) is 13.2. The van der Waals surface area contributed by atoms with Crippen LogP contribution >= 0.6 is 0 Å². The van der Waals surface area contributed by atoms with E-state index in [4.69, 9.17) is 9.62 Å². The van der Waals surface area contributed by atoms with Gasteiger partial charge in [0.05, 0.1) is 16.0 Å². The second-order valence-corrected chi connectivity index (χ2v) is 10.7. The lowest BCUT2D eigenvalue weighted by molar-refractivity contribution is -0.131. The Bertz CT molecular complexity index is 1440. The molecule has 188 valence electrons. The highest BCUT2D eigenvalue weighted by atomic mass is 32.2. The van der Waals surface area contributed by atoms with Crippen LogP contribution in [-0.2, 0) is 27.7 Å². The minimum absolute atomic E-state index is 0.00675. The molecule has 2 heterocycles. The Hall–Kier alpha value is -3.54. The largest absolute Gasteiger partial charge is 0.461 e. The molecule has 0 bridgehead atoms. The van der Waals surface area contributed by atoms with Crippen LogP contribution in [0.3, 0.4) is 0 Å². The van der Waals surface area contributed by atoms with E-state index in [1.807, 2.05) is 0 Å². The van der Waals surface area contributed by atoms with Gasteiger partial charge < -0.3 is 4.42 Å². The van der Waals surface area contributed by atoms with Crippen molar-refractivity contribution in [3.8, 4) is 0 Å². The molecular weight excluding hydrogens is 486 g/mol. The number of aryl methyl sites for hydroxylation is 2. The summed E-state index contributed by atoms with van der Waals surface area (Å²) in [5, 5.41) is 10.0. The molecule has 36 heavy (non-hydrogen) atoms. The van der Waals surface area contributed by atoms with E-state index >= 15 is 0 Å². The molecule has 0 unspecified atom stereocenters. The van der Waals surface area contributed by atoms with Crippen molar-refractivity contribution >= 4 is 38.7 Å². The van der Waals surface area contributed by atoms with Gasteiger partial charge in [-0.25, -0.2) is 13.9 Å². The molecule has 0 spiro atoms. The van der Waals surface area contributed by atoms with E-state index < -0.39 is 33.8 Å². The number of carbonyl (C=O) groups is 3. The minimum atomic E-state index is -4.15. The van der Waals surface area contributed by atoms with E-state index in [0.29, 0.717) is 16.7 Å². The van der Waals surface area contributed by atoms with Crippen LogP contribution in [0.2, 0.25) is 0 Å². The Morgan fingerprint density at radius 2 is 1.75 bits per heavy atom. The summed E-state index contributed by atoms with van der Waals surface area (Å²) in [6.07, 6.45) is 3.86. The maximum Gasteiger partial charge on any atom is 0.261 e. The van der Waals surface area contributed by atoms with Gasteiger partial charge in [0, 0.05) is 30.0 Å². The maximum atomic E-state index is 13.1. The number of hydrogen-bond donors (Lipinski definition) is 3. The lowest BCUT2D eigenvalue weighted by atomic mass is 9.96. The van der Waals surface area contributed by atoms with Crippen molar-refractivity contribution in [2.75, 3.05) is 6.54 Å². The van der Waals surface area contributed by atoms with Crippen LogP contribution < -0.4 is 10.2 Å². The number of nitrogens with one attached hydrogen (secondary N) is 2. The summed E-state index contributed by atoms with van der Waals surface area (Å²) in [5.41, 5.74) is 3.68. The van der Waals surface area contributed by atoms with Crippen LogP contribution in [0.4, 0.5) is 0 Å². The van der Waals surface area contributed by atoms with Crippen LogP contribution in [0, 0.1) is 0 Å². The van der Waals surface area contributed by atoms with Crippen molar-refractivity contribution in [2.45, 2.75) is 49.5 Å². The molecule has 2 aromatic carbocycles. The summed E-state index contributed by atoms with van der Waals surface area (Å²) in [4.78, 5) is 38.3. The van der Waals surface area contributed by atoms with E-state index in [-0.39, 0.29) is 24.3 Å². The first-order chi connectivity index (χ1) is 17.3. The Labute approximate surface area is 207 Å². The van der Waals surface area contributed by atoms with Crippen molar-refractivity contribution in [1.29, 1.82) is 0 Å². The summed E-state index contributed by atoms with van der Waals surface area (Å²) in [6, 6.07) is 9.75. The Balaban J connectivity index is 1.29. The van der Waals surface area contributed by atoms with Gasteiger partial charge in [-0.2, -0.15) is 4.72 Å². The van der Waals surface area contributed by atoms with Gasteiger partial charge in [0.15, 0.2) is 0 Å². The Morgan fingerprint density at radius 3 is 2.44 bits per heavy atom. The highest BCUT2D eigenvalue weighted by Gasteiger charge is 2.35. The molecule has 1 atom stereocenters. The first kappa shape index (κ1) is 24.2. The lowest BCUT2D eigenvalue weighted by Crippen LogP contribution is -2.46. The van der Waals surface area contributed by atoms with Crippen molar-refractivity contribution in [2.24, 2.45) is 0 Å². The van der Waals surface area contributed by atoms with E-state index in [0.717, 1.165) is 47.3 Å². The van der Waals surface area contributed by atoms with Gasteiger partial charge in [-0.1, -0.05) is 12.1 Å². The second kappa shape index (κ2) is 9.49. The van der Waals surface area contributed by atoms with E-state index in [1.54, 1.807) is 30.3 Å². The van der Waals surface area contributed by atoms with Crippen LogP contribution in [0.25, 0.3) is 11.0 Å². The number of imide groups is 1. The zero-order valence-electron chi connectivity index (χ0n) is 19.3. The fraction of sp³-hybridized carbons (Fsp3) is 0.320. The molecule has 1 aliphatic carbocycles. The summed E-state index contributed by atoms with van der Waals surface area (Å²) in [7, 11) is -4.15. The molecule has 0 saturated carbocycles. The number of rotatable bonds is 8. The Morgan fingerprint density at radius 1 is 1.06 bits per heavy atom. The number of hydroxylamine groups is 1. The third-order valence-corrected chi connectivity index (χ3v) is 8.19. The highest BCUT2D eigenvalue weighted by Crippen LogP contribution is 2.33. The normalized spacial score (nSPS) is 16.2. The number of benzene rings is 2. The highest BCUT2D eigenvalue weighted by molar-refractivity contribution is 7.89. The quantitative estimate of drug-likeness (QED) is 0.239. The lowest BCUT2D eigenvalue weighted by Gasteiger charge is -2.19. The molecule has 0 radical (unpaired) electrons. The van der Waals surface area contributed by atoms with Crippen molar-refractivity contribution in [3.05, 3.63) is 64.9 Å². The number of furan rings is 1. The predicted molar refractivity (Wildman–Crippen MR) is 128 cm³/mol. The zero-order chi connectivity index (χ0) is 25.4. The summed E-state index contributed by atoms with van der Waals surface area (Å²) >= 11 is 0. The smallest absolute Gasteiger partial charge is 0.261 e. The summed E-state index contributed by atoms with van der Waals surface area (Å²) < 4.78 is 34.4. The fourth-order valence-corrected chi connectivity index (χ4v) is 6.13. The van der Waals surface area contributed by atoms with Gasteiger partial charge in [-0.05, 0) is 56.4 Å². The molecule has 10 nitrogen and oxygen atoms in total. The monoisotopic (exact) mass is 511 g/mol. The van der Waals surface area contributed by atoms with Crippen molar-refractivity contribution in [1.82, 2.24) is 15.1 Å². The van der Waals surface area contributed by atoms with Crippen LogP contribution in [-0.4, -0.2) is 48.8 Å². The third kappa shape index (κ3) is 4.29. The second-order valence-electron chi connectivity index (χ2n) is 8.97. The fourth-order valence-electron chi connectivity index (χ4n) is 4.88. The third-order valence-electron chi connectivity index (χ3n) is 6.72. The number of fused-ring (bicyclic) bond motifs is 4. The van der Waals surface area contributed by atoms with Crippen molar-refractivity contribution in [3.63, 3.8) is 0 Å².